The summed E-state index contributed by atoms with van der Waals surface area (Å²) in [5.41, 5.74) is 0.603. The SMILES string of the molecule is CCCC[C@@H](COC[N+]([O-])(CCCC)Cc1cccs1)NC(=O)N[C@@H](CC(=O)O)c1ccc2c(c1)OCO2. The Balaban J connectivity index is 1.60. The third-order valence-corrected chi connectivity index (χ3v) is 7.17. The van der Waals surface area contributed by atoms with Crippen molar-refractivity contribution in [2.45, 2.75) is 71.0 Å². The molecule has 11 heteroatoms. The smallest absolute Gasteiger partial charge is 0.315 e. The number of quaternary nitrogens is 1. The maximum atomic E-state index is 13.5. The number of carboxylic acid groups (broad SMARTS) is 1. The van der Waals surface area contributed by atoms with E-state index in [1.807, 2.05) is 17.5 Å². The molecule has 1 aromatic carbocycles. The van der Waals surface area contributed by atoms with Gasteiger partial charge in [-0.15, -0.1) is 11.3 Å². The topological polar surface area (TPSA) is 129 Å². The van der Waals surface area contributed by atoms with E-state index in [1.54, 1.807) is 29.5 Å². The van der Waals surface area contributed by atoms with Gasteiger partial charge >= 0.3 is 12.0 Å². The zero-order valence-corrected chi connectivity index (χ0v) is 23.0. The summed E-state index contributed by atoms with van der Waals surface area (Å²) in [5.74, 6) is 0.0512. The molecule has 0 saturated carbocycles. The number of nitrogens with one attached hydrogen (secondary N) is 2. The molecular formula is C27H39N3O7S. The lowest BCUT2D eigenvalue weighted by Crippen LogP contribution is -2.48. The lowest BCUT2D eigenvalue weighted by molar-refractivity contribution is -0.913. The average molecular weight is 550 g/mol. The first kappa shape index (κ1) is 29.7. The molecule has 0 saturated heterocycles. The molecule has 1 unspecified atom stereocenters. The monoisotopic (exact) mass is 549 g/mol. The molecular weight excluding hydrogens is 510 g/mol. The van der Waals surface area contributed by atoms with Gasteiger partial charge in [-0.3, -0.25) is 4.79 Å². The lowest BCUT2D eigenvalue weighted by atomic mass is 10.0. The molecule has 3 rings (SSSR count). The Morgan fingerprint density at radius 3 is 2.66 bits per heavy atom. The Morgan fingerprint density at radius 1 is 1.16 bits per heavy atom. The van der Waals surface area contributed by atoms with Gasteiger partial charge in [0.25, 0.3) is 0 Å². The fourth-order valence-electron chi connectivity index (χ4n) is 4.27. The van der Waals surface area contributed by atoms with Crippen LogP contribution in [0, 0.1) is 5.21 Å². The van der Waals surface area contributed by atoms with Crippen molar-refractivity contribution in [3.05, 3.63) is 51.4 Å². The predicted molar refractivity (Wildman–Crippen MR) is 145 cm³/mol. The van der Waals surface area contributed by atoms with Crippen molar-refractivity contribution in [3.63, 3.8) is 0 Å². The highest BCUT2D eigenvalue weighted by Crippen LogP contribution is 2.34. The third kappa shape index (κ3) is 9.46. The zero-order chi connectivity index (χ0) is 27.4. The van der Waals surface area contributed by atoms with Gasteiger partial charge in [-0.05, 0) is 42.0 Å². The van der Waals surface area contributed by atoms with Gasteiger partial charge in [0.05, 0.1) is 36.5 Å². The summed E-state index contributed by atoms with van der Waals surface area (Å²) in [7, 11) is 0. The Hall–Kier alpha value is -2.86. The van der Waals surface area contributed by atoms with Crippen LogP contribution in [-0.4, -0.2) is 54.5 Å². The Morgan fingerprint density at radius 2 is 1.95 bits per heavy atom. The zero-order valence-electron chi connectivity index (χ0n) is 22.1. The van der Waals surface area contributed by atoms with Crippen molar-refractivity contribution in [1.29, 1.82) is 0 Å². The molecule has 1 aromatic heterocycles. The van der Waals surface area contributed by atoms with Crippen LogP contribution in [0.15, 0.2) is 35.7 Å². The molecule has 1 aliphatic rings. The molecule has 38 heavy (non-hydrogen) atoms. The number of amides is 2. The van der Waals surface area contributed by atoms with Gasteiger partial charge in [0.2, 0.25) is 6.79 Å². The van der Waals surface area contributed by atoms with Crippen LogP contribution in [0.3, 0.4) is 0 Å². The van der Waals surface area contributed by atoms with E-state index in [0.29, 0.717) is 36.6 Å². The largest absolute Gasteiger partial charge is 0.631 e. The molecule has 0 aliphatic carbocycles. The number of rotatable bonds is 17. The molecule has 2 heterocycles. The first-order valence-electron chi connectivity index (χ1n) is 13.2. The standard InChI is InChI=1S/C27H39N3O7S/c1-3-5-8-21(17-35-18-30(34,12-6-4-2)16-22-9-7-13-38-22)28-27(33)29-23(15-26(31)32)20-10-11-24-25(14-20)37-19-36-24/h7,9-11,13-14,21,23H,3-6,8,12,15-19H2,1-2H3,(H,31,32)(H2,28,29,33)/t21-,23-,30?/m0/s1. The van der Waals surface area contributed by atoms with E-state index in [2.05, 4.69) is 24.5 Å². The number of carbonyl (C=O) groups excluding carboxylic acids is 1. The molecule has 10 nitrogen and oxygen atoms in total. The van der Waals surface area contributed by atoms with Crippen molar-refractivity contribution in [2.24, 2.45) is 0 Å². The van der Waals surface area contributed by atoms with E-state index in [1.165, 1.54) is 0 Å². The fraction of sp³-hybridized carbons (Fsp3) is 0.556. The van der Waals surface area contributed by atoms with E-state index in [-0.39, 0.29) is 32.6 Å². The van der Waals surface area contributed by atoms with Gasteiger partial charge in [0.1, 0.15) is 6.54 Å². The van der Waals surface area contributed by atoms with Crippen molar-refractivity contribution in [1.82, 2.24) is 10.6 Å². The second kappa shape index (κ2) is 14.9. The van der Waals surface area contributed by atoms with E-state index >= 15 is 0 Å². The highest BCUT2D eigenvalue weighted by molar-refractivity contribution is 7.09. The predicted octanol–water partition coefficient (Wildman–Crippen LogP) is 5.14. The van der Waals surface area contributed by atoms with Crippen molar-refractivity contribution < 1.29 is 33.6 Å². The van der Waals surface area contributed by atoms with E-state index in [4.69, 9.17) is 14.2 Å². The minimum Gasteiger partial charge on any atom is -0.631 e. The number of unbranched alkanes of at least 4 members (excludes halogenated alkanes) is 2. The van der Waals surface area contributed by atoms with Crippen molar-refractivity contribution in [2.75, 3.05) is 26.7 Å². The summed E-state index contributed by atoms with van der Waals surface area (Å²) in [4.78, 5) is 25.5. The maximum absolute atomic E-state index is 13.5. The Kier molecular flexibility index (Phi) is 11.7. The van der Waals surface area contributed by atoms with Crippen LogP contribution in [-0.2, 0) is 16.1 Å². The molecule has 3 atom stereocenters. The number of ether oxygens (including phenoxy) is 3. The number of urea groups is 1. The van der Waals surface area contributed by atoms with E-state index in [9.17, 15) is 19.9 Å². The third-order valence-electron chi connectivity index (χ3n) is 6.31. The maximum Gasteiger partial charge on any atom is 0.315 e. The number of nitrogens with zero attached hydrogens (tertiary/aromatic N) is 1. The van der Waals surface area contributed by atoms with E-state index in [0.717, 1.165) is 30.6 Å². The number of hydroxylamine groups is 3. The van der Waals surface area contributed by atoms with E-state index < -0.39 is 22.7 Å². The quantitative estimate of drug-likeness (QED) is 0.142. The molecule has 0 spiro atoms. The summed E-state index contributed by atoms with van der Waals surface area (Å²) in [6.45, 7) is 5.24. The number of hydrogen-bond donors (Lipinski definition) is 3. The van der Waals surface area contributed by atoms with Crippen LogP contribution in [0.1, 0.15) is 68.9 Å². The van der Waals surface area contributed by atoms with Crippen LogP contribution in [0.2, 0.25) is 0 Å². The van der Waals surface area contributed by atoms with Gasteiger partial charge < -0.3 is 39.8 Å². The minimum absolute atomic E-state index is 0.00264. The summed E-state index contributed by atoms with van der Waals surface area (Å²) < 4.78 is 16.2. The summed E-state index contributed by atoms with van der Waals surface area (Å²) in [5, 5.41) is 30.6. The Bertz CT molecular complexity index is 1020. The summed E-state index contributed by atoms with van der Waals surface area (Å²) in [6, 6.07) is 7.43. The van der Waals surface area contributed by atoms with Crippen LogP contribution in [0.4, 0.5) is 4.79 Å². The molecule has 2 amide bonds. The summed E-state index contributed by atoms with van der Waals surface area (Å²) in [6.07, 6.45) is 3.93. The minimum atomic E-state index is -1.04. The van der Waals surface area contributed by atoms with Gasteiger partial charge in [-0.25, -0.2) is 4.79 Å². The number of benzene rings is 1. The average Bonchev–Trinajstić information content (AvgIpc) is 3.56. The molecule has 0 radical (unpaired) electrons. The number of thiophene rings is 1. The van der Waals surface area contributed by atoms with Gasteiger partial charge in [0, 0.05) is 0 Å². The lowest BCUT2D eigenvalue weighted by Gasteiger charge is -2.42. The molecule has 0 bridgehead atoms. The highest BCUT2D eigenvalue weighted by atomic mass is 32.1. The Labute approximate surface area is 228 Å². The highest BCUT2D eigenvalue weighted by Gasteiger charge is 2.24. The van der Waals surface area contributed by atoms with Crippen molar-refractivity contribution >= 4 is 23.3 Å². The fourth-order valence-corrected chi connectivity index (χ4v) is 5.07. The molecule has 210 valence electrons. The number of carbonyl (C=O) groups is 2. The molecule has 3 N–H and O–H groups in total. The number of carboxylic acids is 1. The van der Waals surface area contributed by atoms with Crippen LogP contribution in [0.5, 0.6) is 11.5 Å². The number of hydrogen-bond acceptors (Lipinski definition) is 7. The van der Waals surface area contributed by atoms with Crippen LogP contribution < -0.4 is 20.1 Å². The number of fused-ring (bicyclic) bond motifs is 1. The van der Waals surface area contributed by atoms with Gasteiger partial charge in [-0.1, -0.05) is 45.2 Å². The second-order valence-corrected chi connectivity index (χ2v) is 10.6. The normalized spacial score (nSPS) is 15.4. The van der Waals surface area contributed by atoms with Crippen molar-refractivity contribution in [3.8, 4) is 11.5 Å². The first-order valence-corrected chi connectivity index (χ1v) is 14.1. The van der Waals surface area contributed by atoms with Gasteiger partial charge in [-0.2, -0.15) is 0 Å². The second-order valence-electron chi connectivity index (χ2n) is 9.59. The number of aliphatic carboxylic acids is 1. The molecule has 1 aliphatic heterocycles. The van der Waals surface area contributed by atoms with Crippen LogP contribution in [0.25, 0.3) is 0 Å². The van der Waals surface area contributed by atoms with Crippen LogP contribution >= 0.6 is 11.3 Å². The summed E-state index contributed by atoms with van der Waals surface area (Å²) >= 11 is 1.56. The first-order chi connectivity index (χ1) is 18.3. The van der Waals surface area contributed by atoms with Gasteiger partial charge in [0.15, 0.2) is 18.2 Å². The molecule has 0 fully saturated rings. The molecule has 2 aromatic rings.